The van der Waals surface area contributed by atoms with Crippen LogP contribution in [0.15, 0.2) is 18.2 Å². The molecule has 1 aromatic carbocycles. The first-order valence-corrected chi connectivity index (χ1v) is 9.42. The molecule has 1 aromatic rings. The van der Waals surface area contributed by atoms with Crippen LogP contribution < -0.4 is 4.90 Å². The van der Waals surface area contributed by atoms with Gasteiger partial charge in [0.05, 0.1) is 21.5 Å². The maximum atomic E-state index is 12.9. The summed E-state index contributed by atoms with van der Waals surface area (Å²) in [6.07, 6.45) is 3.35. The highest BCUT2D eigenvalue weighted by Gasteiger charge is 2.57. The SMILES string of the molecule is O=C1C(N2C[C@@H]3CCC[C@@]3(C(=O)O)C2)CCN1c1ccc(Cl)c(Cl)c1. The molecule has 0 radical (unpaired) electrons. The average Bonchev–Trinajstić information content (AvgIpc) is 3.22. The first-order valence-electron chi connectivity index (χ1n) is 8.66. The molecule has 2 heterocycles. The van der Waals surface area contributed by atoms with Crippen molar-refractivity contribution >= 4 is 40.8 Å². The fourth-order valence-corrected chi connectivity index (χ4v) is 5.12. The third-order valence-electron chi connectivity index (χ3n) is 6.16. The molecule has 0 bridgehead atoms. The number of rotatable bonds is 3. The van der Waals surface area contributed by atoms with Gasteiger partial charge in [0.2, 0.25) is 5.91 Å². The van der Waals surface area contributed by atoms with Crippen LogP contribution in [0.4, 0.5) is 5.69 Å². The first-order chi connectivity index (χ1) is 11.9. The summed E-state index contributed by atoms with van der Waals surface area (Å²) in [5.74, 6) is -0.514. The van der Waals surface area contributed by atoms with Gasteiger partial charge in [-0.15, -0.1) is 0 Å². The highest BCUT2D eigenvalue weighted by Crippen LogP contribution is 2.50. The van der Waals surface area contributed by atoms with Crippen molar-refractivity contribution in [2.75, 3.05) is 24.5 Å². The summed E-state index contributed by atoms with van der Waals surface area (Å²) in [5, 5.41) is 10.6. The zero-order valence-corrected chi connectivity index (χ0v) is 15.3. The minimum Gasteiger partial charge on any atom is -0.481 e. The van der Waals surface area contributed by atoms with Crippen molar-refractivity contribution in [3.8, 4) is 0 Å². The normalized spacial score (nSPS) is 32.4. The molecule has 1 saturated carbocycles. The van der Waals surface area contributed by atoms with Crippen LogP contribution in [0.5, 0.6) is 0 Å². The van der Waals surface area contributed by atoms with Crippen LogP contribution >= 0.6 is 23.2 Å². The molecule has 0 aromatic heterocycles. The van der Waals surface area contributed by atoms with Crippen molar-refractivity contribution in [3.05, 3.63) is 28.2 Å². The third kappa shape index (κ3) is 2.64. The molecular weight excluding hydrogens is 363 g/mol. The van der Waals surface area contributed by atoms with Gasteiger partial charge in [-0.3, -0.25) is 14.5 Å². The topological polar surface area (TPSA) is 60.9 Å². The predicted octanol–water partition coefficient (Wildman–Crippen LogP) is 3.29. The molecule has 25 heavy (non-hydrogen) atoms. The Morgan fingerprint density at radius 1 is 1.24 bits per heavy atom. The zero-order valence-electron chi connectivity index (χ0n) is 13.8. The van der Waals surface area contributed by atoms with E-state index in [0.29, 0.717) is 36.1 Å². The van der Waals surface area contributed by atoms with E-state index in [1.54, 1.807) is 23.1 Å². The highest BCUT2D eigenvalue weighted by molar-refractivity contribution is 6.42. The molecule has 5 nitrogen and oxygen atoms in total. The Balaban J connectivity index is 1.53. The number of anilines is 1. The molecule has 2 saturated heterocycles. The molecule has 1 N–H and O–H groups in total. The summed E-state index contributed by atoms with van der Waals surface area (Å²) in [4.78, 5) is 28.6. The van der Waals surface area contributed by atoms with Gasteiger partial charge < -0.3 is 10.0 Å². The second-order valence-electron chi connectivity index (χ2n) is 7.37. The lowest BCUT2D eigenvalue weighted by Gasteiger charge is -2.26. The summed E-state index contributed by atoms with van der Waals surface area (Å²) in [5.41, 5.74) is 0.0892. The number of benzene rings is 1. The number of hydrogen-bond acceptors (Lipinski definition) is 3. The van der Waals surface area contributed by atoms with Crippen LogP contribution in [0.25, 0.3) is 0 Å². The van der Waals surface area contributed by atoms with Crippen molar-refractivity contribution in [2.45, 2.75) is 31.7 Å². The Hall–Kier alpha value is -1.30. The predicted molar refractivity (Wildman–Crippen MR) is 96.2 cm³/mol. The lowest BCUT2D eigenvalue weighted by atomic mass is 9.81. The van der Waals surface area contributed by atoms with Crippen LogP contribution in [-0.2, 0) is 9.59 Å². The van der Waals surface area contributed by atoms with E-state index in [1.807, 2.05) is 0 Å². The summed E-state index contributed by atoms with van der Waals surface area (Å²) in [7, 11) is 0. The highest BCUT2D eigenvalue weighted by atomic mass is 35.5. The number of carbonyl (C=O) groups is 2. The van der Waals surface area contributed by atoms with Gasteiger partial charge >= 0.3 is 5.97 Å². The lowest BCUT2D eigenvalue weighted by molar-refractivity contribution is -0.149. The van der Waals surface area contributed by atoms with Crippen LogP contribution in [0.1, 0.15) is 25.7 Å². The molecule has 1 unspecified atom stereocenters. The van der Waals surface area contributed by atoms with E-state index < -0.39 is 11.4 Å². The number of carbonyl (C=O) groups excluding carboxylic acids is 1. The van der Waals surface area contributed by atoms with Crippen LogP contribution in [0.2, 0.25) is 10.0 Å². The lowest BCUT2D eigenvalue weighted by Crippen LogP contribution is -2.43. The Kier molecular flexibility index (Phi) is 4.21. The fraction of sp³-hybridized carbons (Fsp3) is 0.556. The van der Waals surface area contributed by atoms with E-state index in [2.05, 4.69) is 4.90 Å². The molecule has 1 aliphatic carbocycles. The van der Waals surface area contributed by atoms with E-state index >= 15 is 0 Å². The maximum Gasteiger partial charge on any atom is 0.311 e. The van der Waals surface area contributed by atoms with E-state index in [0.717, 1.165) is 24.9 Å². The molecule has 2 aliphatic heterocycles. The molecule has 0 spiro atoms. The quantitative estimate of drug-likeness (QED) is 0.870. The number of aliphatic carboxylic acids is 1. The number of amides is 1. The number of hydrogen-bond donors (Lipinski definition) is 1. The number of halogens is 2. The average molecular weight is 383 g/mol. The number of nitrogens with zero attached hydrogens (tertiary/aromatic N) is 2. The largest absolute Gasteiger partial charge is 0.481 e. The van der Waals surface area contributed by atoms with E-state index in [1.165, 1.54) is 0 Å². The van der Waals surface area contributed by atoms with Crippen molar-refractivity contribution in [2.24, 2.45) is 11.3 Å². The second-order valence-corrected chi connectivity index (χ2v) is 8.19. The molecule has 1 amide bonds. The number of likely N-dealkylation sites (tertiary alicyclic amines) is 1. The first kappa shape index (κ1) is 17.1. The summed E-state index contributed by atoms with van der Waals surface area (Å²) >= 11 is 12.0. The minimum absolute atomic E-state index is 0.0268. The Morgan fingerprint density at radius 3 is 2.72 bits per heavy atom. The fourth-order valence-electron chi connectivity index (χ4n) is 4.83. The smallest absolute Gasteiger partial charge is 0.311 e. The molecule has 4 rings (SSSR count). The number of carboxylic acid groups (broad SMARTS) is 1. The van der Waals surface area contributed by atoms with Crippen LogP contribution in [-0.4, -0.2) is 47.6 Å². The Morgan fingerprint density at radius 2 is 2.04 bits per heavy atom. The molecule has 3 fully saturated rings. The van der Waals surface area contributed by atoms with Gasteiger partial charge in [0, 0.05) is 25.3 Å². The summed E-state index contributed by atoms with van der Waals surface area (Å²) < 4.78 is 0. The van der Waals surface area contributed by atoms with Crippen molar-refractivity contribution in [1.29, 1.82) is 0 Å². The number of fused-ring (bicyclic) bond motifs is 1. The molecular formula is C18H20Cl2N2O3. The molecule has 7 heteroatoms. The molecule has 134 valence electrons. The van der Waals surface area contributed by atoms with Gasteiger partial charge in [-0.05, 0) is 43.4 Å². The van der Waals surface area contributed by atoms with Crippen molar-refractivity contribution in [1.82, 2.24) is 4.90 Å². The van der Waals surface area contributed by atoms with Crippen molar-refractivity contribution < 1.29 is 14.7 Å². The van der Waals surface area contributed by atoms with E-state index in [4.69, 9.17) is 23.2 Å². The summed E-state index contributed by atoms with van der Waals surface area (Å²) in [6.45, 7) is 1.80. The number of carboxylic acids is 1. The van der Waals surface area contributed by atoms with E-state index in [-0.39, 0.29) is 17.9 Å². The summed E-state index contributed by atoms with van der Waals surface area (Å²) in [6, 6.07) is 4.96. The van der Waals surface area contributed by atoms with Gasteiger partial charge in [-0.1, -0.05) is 29.6 Å². The monoisotopic (exact) mass is 382 g/mol. The Bertz CT molecular complexity index is 741. The maximum absolute atomic E-state index is 12.9. The van der Waals surface area contributed by atoms with Gasteiger partial charge in [-0.2, -0.15) is 0 Å². The van der Waals surface area contributed by atoms with Gasteiger partial charge in [0.1, 0.15) is 0 Å². The zero-order chi connectivity index (χ0) is 17.8. The van der Waals surface area contributed by atoms with Crippen LogP contribution in [0.3, 0.4) is 0 Å². The van der Waals surface area contributed by atoms with Gasteiger partial charge in [0.15, 0.2) is 0 Å². The van der Waals surface area contributed by atoms with Gasteiger partial charge in [0.25, 0.3) is 0 Å². The van der Waals surface area contributed by atoms with Gasteiger partial charge in [-0.25, -0.2) is 0 Å². The second kappa shape index (κ2) is 6.15. The third-order valence-corrected chi connectivity index (χ3v) is 6.89. The molecule has 3 atom stereocenters. The minimum atomic E-state index is -0.704. The Labute approximate surface area is 156 Å². The van der Waals surface area contributed by atoms with Crippen molar-refractivity contribution in [3.63, 3.8) is 0 Å². The van der Waals surface area contributed by atoms with E-state index in [9.17, 15) is 14.7 Å². The molecule has 3 aliphatic rings. The van der Waals surface area contributed by atoms with Crippen LogP contribution in [0, 0.1) is 11.3 Å². The standard InChI is InChI=1S/C18H20Cl2N2O3/c19-13-4-3-12(8-14(13)20)22-7-5-15(16(22)23)21-9-11-2-1-6-18(11,10-21)17(24)25/h3-4,8,11,15H,1-2,5-7,9-10H2,(H,24,25)/t11-,15?,18+/m0/s1.